The molecule has 4 heteroatoms. The minimum Gasteiger partial charge on any atom is -0.392 e. The molecule has 0 unspecified atom stereocenters. The summed E-state index contributed by atoms with van der Waals surface area (Å²) in [5.41, 5.74) is -0.366. The van der Waals surface area contributed by atoms with Gasteiger partial charge in [0.1, 0.15) is 0 Å². The van der Waals surface area contributed by atoms with Gasteiger partial charge in [0.05, 0.1) is 24.7 Å². The molecule has 1 fully saturated rings. The van der Waals surface area contributed by atoms with E-state index in [1.54, 1.807) is 6.92 Å². The minimum atomic E-state index is -0.487. The molecule has 1 aliphatic rings. The molecule has 12 heavy (non-hydrogen) atoms. The van der Waals surface area contributed by atoms with Crippen LogP contribution in [0.1, 0.15) is 13.8 Å². The van der Waals surface area contributed by atoms with Gasteiger partial charge >= 0.3 is 0 Å². The first-order chi connectivity index (χ1) is 5.54. The van der Waals surface area contributed by atoms with Gasteiger partial charge in [0.25, 0.3) is 0 Å². The van der Waals surface area contributed by atoms with Gasteiger partial charge in [0.2, 0.25) is 5.91 Å². The Morgan fingerprint density at radius 3 is 2.67 bits per heavy atom. The monoisotopic (exact) mass is 173 g/mol. The summed E-state index contributed by atoms with van der Waals surface area (Å²) in [4.78, 5) is 11.3. The Balaban J connectivity index is 2.28. The number of hydrogen-bond donors (Lipinski definition) is 2. The van der Waals surface area contributed by atoms with E-state index in [1.165, 1.54) is 0 Å². The second kappa shape index (κ2) is 3.41. The van der Waals surface area contributed by atoms with Gasteiger partial charge in [0.15, 0.2) is 0 Å². The number of rotatable bonds is 3. The number of ether oxygens (including phenoxy) is 1. The lowest BCUT2D eigenvalue weighted by atomic mass is 9.87. The van der Waals surface area contributed by atoms with Crippen LogP contribution in [-0.2, 0) is 9.53 Å². The van der Waals surface area contributed by atoms with Crippen molar-refractivity contribution >= 4 is 5.91 Å². The zero-order valence-electron chi connectivity index (χ0n) is 7.46. The molecule has 4 nitrogen and oxygen atoms in total. The highest BCUT2D eigenvalue weighted by atomic mass is 16.5. The summed E-state index contributed by atoms with van der Waals surface area (Å²) in [6.07, 6.45) is -0.487. The van der Waals surface area contributed by atoms with E-state index in [1.807, 2.05) is 6.92 Å². The molecule has 0 aliphatic carbocycles. The summed E-state index contributed by atoms with van der Waals surface area (Å²) in [6.45, 7) is 4.78. The van der Waals surface area contributed by atoms with E-state index in [0.29, 0.717) is 19.8 Å². The largest absolute Gasteiger partial charge is 0.392 e. The van der Waals surface area contributed by atoms with E-state index >= 15 is 0 Å². The van der Waals surface area contributed by atoms with Crippen molar-refractivity contribution in [2.75, 3.05) is 19.8 Å². The lowest BCUT2D eigenvalue weighted by Gasteiger charge is -2.36. The number of nitrogens with one attached hydrogen (secondary N) is 1. The maximum Gasteiger partial charge on any atom is 0.230 e. The summed E-state index contributed by atoms with van der Waals surface area (Å²) < 4.78 is 4.94. The third-order valence-electron chi connectivity index (χ3n) is 1.95. The summed E-state index contributed by atoms with van der Waals surface area (Å²) in [7, 11) is 0. The summed E-state index contributed by atoms with van der Waals surface area (Å²) >= 11 is 0. The molecular formula is C8H15NO3. The predicted molar refractivity (Wildman–Crippen MR) is 43.6 cm³/mol. The topological polar surface area (TPSA) is 58.6 Å². The van der Waals surface area contributed by atoms with E-state index in [2.05, 4.69) is 5.32 Å². The molecule has 1 aliphatic heterocycles. The fourth-order valence-electron chi connectivity index (χ4n) is 0.993. The molecule has 1 heterocycles. The van der Waals surface area contributed by atoms with Crippen molar-refractivity contribution in [3.63, 3.8) is 0 Å². The average molecular weight is 173 g/mol. The Morgan fingerprint density at radius 1 is 1.75 bits per heavy atom. The molecule has 1 rings (SSSR count). The Labute approximate surface area is 71.9 Å². The number of carbonyl (C=O) groups excluding carboxylic acids is 1. The number of amides is 1. The molecule has 0 radical (unpaired) electrons. The third-order valence-corrected chi connectivity index (χ3v) is 1.95. The second-order valence-electron chi connectivity index (χ2n) is 3.61. The van der Waals surface area contributed by atoms with Crippen molar-refractivity contribution in [2.24, 2.45) is 5.41 Å². The lowest BCUT2D eigenvalue weighted by molar-refractivity contribution is -0.158. The fourth-order valence-corrected chi connectivity index (χ4v) is 0.993. The van der Waals surface area contributed by atoms with Crippen LogP contribution in [0.15, 0.2) is 0 Å². The van der Waals surface area contributed by atoms with Gasteiger partial charge < -0.3 is 15.2 Å². The molecule has 0 bridgehead atoms. The zero-order valence-corrected chi connectivity index (χ0v) is 7.46. The van der Waals surface area contributed by atoms with Gasteiger partial charge in [-0.25, -0.2) is 0 Å². The zero-order chi connectivity index (χ0) is 9.19. The van der Waals surface area contributed by atoms with Gasteiger partial charge in [-0.05, 0) is 13.8 Å². The van der Waals surface area contributed by atoms with E-state index < -0.39 is 6.10 Å². The Bertz CT molecular complexity index is 175. The number of aliphatic hydroxyl groups is 1. The molecule has 1 saturated heterocycles. The number of aliphatic hydroxyl groups excluding tert-OH is 1. The van der Waals surface area contributed by atoms with Crippen molar-refractivity contribution in [1.29, 1.82) is 0 Å². The van der Waals surface area contributed by atoms with Crippen molar-refractivity contribution in [3.05, 3.63) is 0 Å². The molecule has 0 aromatic carbocycles. The highest BCUT2D eigenvalue weighted by Gasteiger charge is 2.40. The Hall–Kier alpha value is -0.610. The molecule has 0 spiro atoms. The SMILES string of the molecule is C[C@@H](O)CNC(=O)C1(C)COC1. The first-order valence-electron chi connectivity index (χ1n) is 4.09. The molecule has 2 N–H and O–H groups in total. The smallest absolute Gasteiger partial charge is 0.230 e. The van der Waals surface area contributed by atoms with Gasteiger partial charge in [-0.15, -0.1) is 0 Å². The number of hydrogen-bond acceptors (Lipinski definition) is 3. The molecule has 1 atom stereocenters. The quantitative estimate of drug-likeness (QED) is 0.606. The van der Waals surface area contributed by atoms with Gasteiger partial charge in [0, 0.05) is 6.54 Å². The normalized spacial score (nSPS) is 22.6. The van der Waals surface area contributed by atoms with Crippen LogP contribution in [0.2, 0.25) is 0 Å². The first kappa shape index (κ1) is 9.48. The molecular weight excluding hydrogens is 158 g/mol. The highest BCUT2D eigenvalue weighted by molar-refractivity contribution is 5.83. The molecule has 0 aromatic heterocycles. The number of carbonyl (C=O) groups is 1. The highest BCUT2D eigenvalue weighted by Crippen LogP contribution is 2.26. The fraction of sp³-hybridized carbons (Fsp3) is 0.875. The molecule has 0 aromatic rings. The second-order valence-corrected chi connectivity index (χ2v) is 3.61. The van der Waals surface area contributed by atoms with Crippen LogP contribution < -0.4 is 5.32 Å². The van der Waals surface area contributed by atoms with Gasteiger partial charge in [-0.1, -0.05) is 0 Å². The van der Waals surface area contributed by atoms with Crippen LogP contribution in [-0.4, -0.2) is 36.9 Å². The van der Waals surface area contributed by atoms with Crippen LogP contribution in [0.4, 0.5) is 0 Å². The maximum absolute atomic E-state index is 11.3. The third kappa shape index (κ3) is 1.95. The van der Waals surface area contributed by atoms with Crippen LogP contribution in [0.25, 0.3) is 0 Å². The van der Waals surface area contributed by atoms with Crippen molar-refractivity contribution < 1.29 is 14.6 Å². The van der Waals surface area contributed by atoms with Crippen LogP contribution in [0.5, 0.6) is 0 Å². The molecule has 70 valence electrons. The Morgan fingerprint density at radius 2 is 2.33 bits per heavy atom. The predicted octanol–water partition coefficient (Wildman–Crippen LogP) is -0.480. The summed E-state index contributed by atoms with van der Waals surface area (Å²) in [5.74, 6) is -0.0327. The van der Waals surface area contributed by atoms with Crippen LogP contribution in [0.3, 0.4) is 0 Å². The van der Waals surface area contributed by atoms with Gasteiger partial charge in [-0.3, -0.25) is 4.79 Å². The Kier molecular flexibility index (Phi) is 2.69. The average Bonchev–Trinajstić information content (AvgIpc) is 1.95. The van der Waals surface area contributed by atoms with E-state index in [-0.39, 0.29) is 11.3 Å². The van der Waals surface area contributed by atoms with E-state index in [9.17, 15) is 4.79 Å². The van der Waals surface area contributed by atoms with Crippen molar-refractivity contribution in [2.45, 2.75) is 20.0 Å². The van der Waals surface area contributed by atoms with E-state index in [4.69, 9.17) is 9.84 Å². The summed E-state index contributed by atoms with van der Waals surface area (Å²) in [6, 6.07) is 0. The van der Waals surface area contributed by atoms with Gasteiger partial charge in [-0.2, -0.15) is 0 Å². The van der Waals surface area contributed by atoms with E-state index in [0.717, 1.165) is 0 Å². The van der Waals surface area contributed by atoms with Crippen LogP contribution >= 0.6 is 0 Å². The maximum atomic E-state index is 11.3. The molecule has 1 amide bonds. The minimum absolute atomic E-state index is 0.0327. The van der Waals surface area contributed by atoms with Crippen LogP contribution in [0, 0.1) is 5.41 Å². The standard InChI is InChI=1S/C8H15NO3/c1-6(10)3-9-7(11)8(2)4-12-5-8/h6,10H,3-5H2,1-2H3,(H,9,11)/t6-/m1/s1. The first-order valence-corrected chi connectivity index (χ1v) is 4.09. The van der Waals surface area contributed by atoms with Crippen molar-refractivity contribution in [3.8, 4) is 0 Å². The lowest BCUT2D eigenvalue weighted by Crippen LogP contribution is -2.52. The molecule has 0 saturated carbocycles. The van der Waals surface area contributed by atoms with Crippen molar-refractivity contribution in [1.82, 2.24) is 5.32 Å². The summed E-state index contributed by atoms with van der Waals surface area (Å²) in [5, 5.41) is 11.6.